The zero-order chi connectivity index (χ0) is 16.1. The van der Waals surface area contributed by atoms with E-state index < -0.39 is 0 Å². The number of carbonyl (C=O) groups is 2. The Morgan fingerprint density at radius 1 is 1.13 bits per heavy atom. The molecule has 7 nitrogen and oxygen atoms in total. The van der Waals surface area contributed by atoms with Crippen LogP contribution in [0.4, 0.5) is 11.5 Å². The van der Waals surface area contributed by atoms with Crippen LogP contribution in [0.25, 0.3) is 0 Å². The lowest BCUT2D eigenvalue weighted by atomic mass is 10.3. The minimum atomic E-state index is 0.241. The quantitative estimate of drug-likeness (QED) is 0.796. The van der Waals surface area contributed by atoms with Gasteiger partial charge in [-0.25, -0.2) is 4.98 Å². The smallest absolute Gasteiger partial charge is 0.236 e. The molecule has 1 aromatic heterocycles. The highest BCUT2D eigenvalue weighted by Crippen LogP contribution is 2.16. The number of amides is 2. The SMILES string of the molecule is O=CNc1ccc(N2CCN(C(=O)CN3CCCC3)CC2)nc1. The Labute approximate surface area is 136 Å². The summed E-state index contributed by atoms with van der Waals surface area (Å²) in [4.78, 5) is 33.5. The molecule has 0 atom stereocenters. The lowest BCUT2D eigenvalue weighted by molar-refractivity contribution is -0.132. The second-order valence-corrected chi connectivity index (χ2v) is 6.02. The lowest BCUT2D eigenvalue weighted by Crippen LogP contribution is -2.51. The Morgan fingerprint density at radius 3 is 2.48 bits per heavy atom. The standard InChI is InChI=1S/C16H23N5O2/c22-13-18-14-3-4-15(17-11-14)20-7-9-21(10-8-20)16(23)12-19-5-1-2-6-19/h3-4,11,13H,1-2,5-10,12H2,(H,18,22). The summed E-state index contributed by atoms with van der Waals surface area (Å²) in [5, 5.41) is 2.57. The van der Waals surface area contributed by atoms with Gasteiger partial charge in [0, 0.05) is 26.2 Å². The first kappa shape index (κ1) is 15.7. The molecule has 0 aliphatic carbocycles. The van der Waals surface area contributed by atoms with Gasteiger partial charge >= 0.3 is 0 Å². The zero-order valence-electron chi connectivity index (χ0n) is 13.3. The molecule has 0 unspecified atom stereocenters. The van der Waals surface area contributed by atoms with E-state index in [0.29, 0.717) is 18.6 Å². The van der Waals surface area contributed by atoms with Crippen LogP contribution in [0, 0.1) is 0 Å². The Balaban J connectivity index is 1.49. The summed E-state index contributed by atoms with van der Waals surface area (Å²) in [6.07, 6.45) is 4.71. The second-order valence-electron chi connectivity index (χ2n) is 6.02. The topological polar surface area (TPSA) is 68.8 Å². The summed E-state index contributed by atoms with van der Waals surface area (Å²) in [7, 11) is 0. The van der Waals surface area contributed by atoms with Crippen LogP contribution >= 0.6 is 0 Å². The van der Waals surface area contributed by atoms with Gasteiger partial charge < -0.3 is 15.1 Å². The summed E-state index contributed by atoms with van der Waals surface area (Å²) < 4.78 is 0. The third-order valence-electron chi connectivity index (χ3n) is 4.49. The average molecular weight is 317 g/mol. The van der Waals surface area contributed by atoms with Crippen molar-refractivity contribution in [2.45, 2.75) is 12.8 Å². The van der Waals surface area contributed by atoms with Gasteiger partial charge in [-0.2, -0.15) is 0 Å². The molecule has 0 bridgehead atoms. The van der Waals surface area contributed by atoms with E-state index in [1.807, 2.05) is 17.0 Å². The molecule has 1 aromatic rings. The van der Waals surface area contributed by atoms with Crippen molar-refractivity contribution in [3.63, 3.8) is 0 Å². The van der Waals surface area contributed by atoms with Gasteiger partial charge in [0.05, 0.1) is 18.4 Å². The number of aromatic nitrogens is 1. The molecule has 0 spiro atoms. The van der Waals surface area contributed by atoms with Gasteiger partial charge in [-0.15, -0.1) is 0 Å². The van der Waals surface area contributed by atoms with E-state index in [1.165, 1.54) is 12.8 Å². The number of anilines is 2. The molecule has 2 saturated heterocycles. The normalized spacial score (nSPS) is 19.0. The summed E-state index contributed by atoms with van der Waals surface area (Å²) in [5.41, 5.74) is 0.683. The molecule has 2 fully saturated rings. The molecule has 3 heterocycles. The zero-order valence-corrected chi connectivity index (χ0v) is 13.3. The molecule has 124 valence electrons. The summed E-state index contributed by atoms with van der Waals surface area (Å²) in [6, 6.07) is 3.73. The number of likely N-dealkylation sites (tertiary alicyclic amines) is 1. The maximum atomic E-state index is 12.3. The number of nitrogens with one attached hydrogen (secondary N) is 1. The van der Waals surface area contributed by atoms with Crippen LogP contribution in [0.2, 0.25) is 0 Å². The first-order chi connectivity index (χ1) is 11.3. The van der Waals surface area contributed by atoms with Crippen molar-refractivity contribution in [3.05, 3.63) is 18.3 Å². The van der Waals surface area contributed by atoms with E-state index in [1.54, 1.807) is 6.20 Å². The fourth-order valence-electron chi connectivity index (χ4n) is 3.14. The van der Waals surface area contributed by atoms with E-state index in [-0.39, 0.29) is 5.91 Å². The average Bonchev–Trinajstić information content (AvgIpc) is 3.09. The molecule has 0 radical (unpaired) electrons. The molecule has 23 heavy (non-hydrogen) atoms. The van der Waals surface area contributed by atoms with Crippen molar-refractivity contribution in [1.29, 1.82) is 0 Å². The number of hydrogen-bond acceptors (Lipinski definition) is 5. The molecule has 0 saturated carbocycles. The van der Waals surface area contributed by atoms with E-state index in [2.05, 4.69) is 20.1 Å². The minimum absolute atomic E-state index is 0.241. The number of piperazine rings is 1. The molecule has 1 N–H and O–H groups in total. The van der Waals surface area contributed by atoms with E-state index in [0.717, 1.165) is 45.1 Å². The van der Waals surface area contributed by atoms with Gasteiger partial charge in [0.2, 0.25) is 12.3 Å². The first-order valence-corrected chi connectivity index (χ1v) is 8.17. The maximum Gasteiger partial charge on any atom is 0.236 e. The van der Waals surface area contributed by atoms with Crippen LogP contribution in [-0.4, -0.2) is 72.9 Å². The maximum absolute atomic E-state index is 12.3. The third kappa shape index (κ3) is 3.98. The molecule has 0 aromatic carbocycles. The molecule has 3 rings (SSSR count). The van der Waals surface area contributed by atoms with Gasteiger partial charge in [0.15, 0.2) is 0 Å². The van der Waals surface area contributed by atoms with Crippen molar-refractivity contribution in [3.8, 4) is 0 Å². The molecule has 2 aliphatic heterocycles. The van der Waals surface area contributed by atoms with Crippen LogP contribution in [0.5, 0.6) is 0 Å². The predicted molar refractivity (Wildman–Crippen MR) is 88.4 cm³/mol. The Hall–Kier alpha value is -2.15. The highest BCUT2D eigenvalue weighted by Gasteiger charge is 2.24. The second kappa shape index (κ2) is 7.41. The van der Waals surface area contributed by atoms with Gasteiger partial charge in [0.1, 0.15) is 5.82 Å². The number of nitrogens with zero attached hydrogens (tertiary/aromatic N) is 4. The monoisotopic (exact) mass is 317 g/mol. The van der Waals surface area contributed by atoms with Crippen LogP contribution in [0.3, 0.4) is 0 Å². The summed E-state index contributed by atoms with van der Waals surface area (Å²) >= 11 is 0. The van der Waals surface area contributed by atoms with Crippen LogP contribution in [0.1, 0.15) is 12.8 Å². The molecular weight excluding hydrogens is 294 g/mol. The fourth-order valence-corrected chi connectivity index (χ4v) is 3.14. The Morgan fingerprint density at radius 2 is 1.87 bits per heavy atom. The number of rotatable bonds is 5. The first-order valence-electron chi connectivity index (χ1n) is 8.17. The third-order valence-corrected chi connectivity index (χ3v) is 4.49. The highest BCUT2D eigenvalue weighted by atomic mass is 16.2. The fraction of sp³-hybridized carbons (Fsp3) is 0.562. The largest absolute Gasteiger partial charge is 0.353 e. The van der Waals surface area contributed by atoms with Gasteiger partial charge in [-0.05, 0) is 38.1 Å². The number of carbonyl (C=O) groups excluding carboxylic acids is 2. The van der Waals surface area contributed by atoms with Crippen molar-refractivity contribution in [1.82, 2.24) is 14.8 Å². The van der Waals surface area contributed by atoms with Gasteiger partial charge in [-0.1, -0.05) is 0 Å². The predicted octanol–water partition coefficient (Wildman–Crippen LogP) is 0.394. The highest BCUT2D eigenvalue weighted by molar-refractivity contribution is 5.78. The van der Waals surface area contributed by atoms with Gasteiger partial charge in [0.25, 0.3) is 0 Å². The van der Waals surface area contributed by atoms with E-state index >= 15 is 0 Å². The number of pyridine rings is 1. The molecule has 2 amide bonds. The minimum Gasteiger partial charge on any atom is -0.353 e. The van der Waals surface area contributed by atoms with E-state index in [9.17, 15) is 9.59 Å². The number of hydrogen-bond donors (Lipinski definition) is 1. The summed E-state index contributed by atoms with van der Waals surface area (Å²) in [6.45, 7) is 5.72. The Kier molecular flexibility index (Phi) is 5.07. The van der Waals surface area contributed by atoms with Crippen LogP contribution in [0.15, 0.2) is 18.3 Å². The lowest BCUT2D eigenvalue weighted by Gasteiger charge is -2.36. The van der Waals surface area contributed by atoms with Crippen LogP contribution < -0.4 is 10.2 Å². The van der Waals surface area contributed by atoms with Crippen LogP contribution in [-0.2, 0) is 9.59 Å². The Bertz CT molecular complexity index is 534. The van der Waals surface area contributed by atoms with Crippen molar-refractivity contribution in [2.75, 3.05) is 56.0 Å². The summed E-state index contributed by atoms with van der Waals surface area (Å²) in [5.74, 6) is 1.12. The molecular formula is C16H23N5O2. The van der Waals surface area contributed by atoms with Crippen molar-refractivity contribution in [2.24, 2.45) is 0 Å². The molecule has 2 aliphatic rings. The van der Waals surface area contributed by atoms with E-state index in [4.69, 9.17) is 0 Å². The van der Waals surface area contributed by atoms with Crippen molar-refractivity contribution < 1.29 is 9.59 Å². The van der Waals surface area contributed by atoms with Crippen molar-refractivity contribution >= 4 is 23.8 Å². The van der Waals surface area contributed by atoms with Gasteiger partial charge in [-0.3, -0.25) is 14.5 Å². The molecule has 7 heteroatoms.